The van der Waals surface area contributed by atoms with E-state index in [4.69, 9.17) is 0 Å². The monoisotopic (exact) mass is 744 g/mol. The number of carbonyl (C=O) groups excluding carboxylic acids is 3. The number of amides is 3. The lowest BCUT2D eigenvalue weighted by Crippen LogP contribution is -2.39. The Morgan fingerprint density at radius 1 is 0.453 bits per heavy atom. The molecule has 10 heteroatoms. The van der Waals surface area contributed by atoms with E-state index in [1.165, 1.54) is 128 Å². The van der Waals surface area contributed by atoms with Gasteiger partial charge in [-0.2, -0.15) is 0 Å². The summed E-state index contributed by atoms with van der Waals surface area (Å²) < 4.78 is 0. The standard InChI is InChI=1S/C43H73N3O7/c1-3-5-7-9-11-13-15-17-19-21-23-25-27-29-39(47)44-37-31-36(43(53)46(34-41(49)50)35-42(51)52)32-38(33-37)45-40(48)30-28-26-24-22-20-18-16-14-12-10-8-6-4-2/h31-33H,3-30,34-35H2,1-2H3,(H,44,47)(H,45,48)(H,49,50)(H,51,52). The minimum absolute atomic E-state index is 0.0254. The fraction of sp³-hybridized carbons (Fsp3) is 0.744. The number of aliphatic carboxylic acids is 2. The number of carbonyl (C=O) groups is 5. The van der Waals surface area contributed by atoms with Crippen LogP contribution in [0.15, 0.2) is 18.2 Å². The van der Waals surface area contributed by atoms with Gasteiger partial charge in [0.05, 0.1) is 0 Å². The number of nitrogens with zero attached hydrogens (tertiary/aromatic N) is 1. The van der Waals surface area contributed by atoms with Gasteiger partial charge in [-0.1, -0.05) is 168 Å². The third kappa shape index (κ3) is 26.9. The first-order valence-corrected chi connectivity index (χ1v) is 21.1. The Kier molecular flexibility index (Phi) is 28.8. The fourth-order valence-corrected chi connectivity index (χ4v) is 6.66. The summed E-state index contributed by atoms with van der Waals surface area (Å²) in [4.78, 5) is 62.5. The molecule has 53 heavy (non-hydrogen) atoms. The summed E-state index contributed by atoms with van der Waals surface area (Å²) in [5.74, 6) is -3.99. The second kappa shape index (κ2) is 32.0. The van der Waals surface area contributed by atoms with Crippen molar-refractivity contribution in [3.05, 3.63) is 23.8 Å². The van der Waals surface area contributed by atoms with E-state index in [-0.39, 0.29) is 28.8 Å². The molecule has 0 spiro atoms. The van der Waals surface area contributed by atoms with E-state index in [1.54, 1.807) is 6.07 Å². The van der Waals surface area contributed by atoms with Crippen molar-refractivity contribution >= 4 is 41.0 Å². The third-order valence-corrected chi connectivity index (χ3v) is 9.70. The minimum atomic E-state index is -1.35. The van der Waals surface area contributed by atoms with E-state index < -0.39 is 30.9 Å². The van der Waals surface area contributed by atoms with E-state index in [0.29, 0.717) is 17.7 Å². The number of rotatable bonds is 35. The number of hydrogen-bond acceptors (Lipinski definition) is 5. The highest BCUT2D eigenvalue weighted by atomic mass is 16.4. The lowest BCUT2D eigenvalue weighted by Gasteiger charge is -2.20. The molecule has 0 aliphatic carbocycles. The van der Waals surface area contributed by atoms with Crippen LogP contribution in [0.2, 0.25) is 0 Å². The first-order chi connectivity index (χ1) is 25.7. The quantitative estimate of drug-likeness (QED) is 0.0505. The second-order valence-electron chi connectivity index (χ2n) is 14.8. The van der Waals surface area contributed by atoms with Gasteiger partial charge in [-0.3, -0.25) is 24.0 Å². The molecular weight excluding hydrogens is 670 g/mol. The molecule has 1 rings (SSSR count). The smallest absolute Gasteiger partial charge is 0.323 e. The zero-order chi connectivity index (χ0) is 38.9. The zero-order valence-corrected chi connectivity index (χ0v) is 33.3. The van der Waals surface area contributed by atoms with Crippen molar-refractivity contribution in [2.45, 2.75) is 194 Å². The van der Waals surface area contributed by atoms with Crippen LogP contribution in [0.1, 0.15) is 204 Å². The van der Waals surface area contributed by atoms with Crippen molar-refractivity contribution in [3.8, 4) is 0 Å². The van der Waals surface area contributed by atoms with Crippen LogP contribution in [0.3, 0.4) is 0 Å². The van der Waals surface area contributed by atoms with Crippen LogP contribution in [0.5, 0.6) is 0 Å². The third-order valence-electron chi connectivity index (χ3n) is 9.70. The van der Waals surface area contributed by atoms with Crippen molar-refractivity contribution in [1.82, 2.24) is 4.90 Å². The first kappa shape index (κ1) is 47.6. The number of anilines is 2. The molecule has 1 aromatic rings. The van der Waals surface area contributed by atoms with E-state index >= 15 is 0 Å². The van der Waals surface area contributed by atoms with Crippen LogP contribution in [-0.4, -0.2) is 57.9 Å². The van der Waals surface area contributed by atoms with E-state index in [2.05, 4.69) is 24.5 Å². The van der Waals surface area contributed by atoms with E-state index in [9.17, 15) is 34.2 Å². The number of carboxylic acid groups (broad SMARTS) is 2. The summed E-state index contributed by atoms with van der Waals surface area (Å²) in [7, 11) is 0. The largest absolute Gasteiger partial charge is 0.480 e. The molecule has 0 atom stereocenters. The molecule has 4 N–H and O–H groups in total. The van der Waals surface area contributed by atoms with Crippen LogP contribution in [0, 0.1) is 0 Å². The molecule has 0 bridgehead atoms. The van der Waals surface area contributed by atoms with Gasteiger partial charge in [0.15, 0.2) is 0 Å². The van der Waals surface area contributed by atoms with E-state index in [0.717, 1.165) is 51.4 Å². The Morgan fingerprint density at radius 3 is 1.02 bits per heavy atom. The van der Waals surface area contributed by atoms with Gasteiger partial charge in [-0.15, -0.1) is 0 Å². The normalized spacial score (nSPS) is 11.0. The van der Waals surface area contributed by atoms with Crippen LogP contribution < -0.4 is 10.6 Å². The maximum atomic E-state index is 13.3. The van der Waals surface area contributed by atoms with Crippen LogP contribution in [0.4, 0.5) is 11.4 Å². The maximum Gasteiger partial charge on any atom is 0.323 e. The van der Waals surface area contributed by atoms with Gasteiger partial charge >= 0.3 is 11.9 Å². The van der Waals surface area contributed by atoms with Gasteiger partial charge < -0.3 is 25.7 Å². The molecule has 0 aliphatic heterocycles. The van der Waals surface area contributed by atoms with Gasteiger partial charge in [-0.05, 0) is 31.0 Å². The van der Waals surface area contributed by atoms with Gasteiger partial charge in [0.25, 0.3) is 5.91 Å². The number of unbranched alkanes of at least 4 members (excludes halogenated alkanes) is 24. The van der Waals surface area contributed by atoms with Crippen molar-refractivity contribution in [2.75, 3.05) is 23.7 Å². The summed E-state index contributed by atoms with van der Waals surface area (Å²) in [5.41, 5.74) is 0.525. The second-order valence-corrected chi connectivity index (χ2v) is 14.8. The lowest BCUT2D eigenvalue weighted by molar-refractivity contribution is -0.140. The average Bonchev–Trinajstić information content (AvgIpc) is 3.11. The maximum absolute atomic E-state index is 13.3. The first-order valence-electron chi connectivity index (χ1n) is 21.1. The number of carboxylic acids is 2. The summed E-state index contributed by atoms with van der Waals surface area (Å²) in [6, 6.07) is 4.35. The Balaban J connectivity index is 2.61. The Labute approximate surface area is 320 Å². The topological polar surface area (TPSA) is 153 Å². The molecule has 0 radical (unpaired) electrons. The summed E-state index contributed by atoms with van der Waals surface area (Å²) in [5, 5.41) is 24.2. The predicted molar refractivity (Wildman–Crippen MR) is 216 cm³/mol. The van der Waals surface area contributed by atoms with Crippen LogP contribution in [0.25, 0.3) is 0 Å². The molecule has 0 saturated heterocycles. The Hall–Kier alpha value is -3.43. The fourth-order valence-electron chi connectivity index (χ4n) is 6.66. The highest BCUT2D eigenvalue weighted by molar-refractivity contribution is 6.02. The zero-order valence-electron chi connectivity index (χ0n) is 33.3. The van der Waals surface area contributed by atoms with Crippen molar-refractivity contribution in [2.24, 2.45) is 0 Å². The SMILES string of the molecule is CCCCCCCCCCCCCCCC(=O)Nc1cc(NC(=O)CCCCCCCCCCCCCCC)cc(C(=O)N(CC(=O)O)CC(=O)O)c1. The molecule has 3 amide bonds. The molecule has 0 unspecified atom stereocenters. The molecule has 0 heterocycles. The number of hydrogen-bond donors (Lipinski definition) is 4. The number of nitrogens with one attached hydrogen (secondary N) is 2. The average molecular weight is 744 g/mol. The lowest BCUT2D eigenvalue weighted by atomic mass is 10.0. The minimum Gasteiger partial charge on any atom is -0.480 e. The molecular formula is C43H73N3O7. The summed E-state index contributed by atoms with van der Waals surface area (Å²) in [6.45, 7) is 2.87. The van der Waals surface area contributed by atoms with Gasteiger partial charge in [-0.25, -0.2) is 0 Å². The highest BCUT2D eigenvalue weighted by Crippen LogP contribution is 2.23. The van der Waals surface area contributed by atoms with Crippen LogP contribution in [-0.2, 0) is 19.2 Å². The predicted octanol–water partition coefficient (Wildman–Crippen LogP) is 11.1. The van der Waals surface area contributed by atoms with E-state index in [1.807, 2.05) is 0 Å². The molecule has 1 aromatic carbocycles. The molecule has 10 nitrogen and oxygen atoms in total. The molecule has 302 valence electrons. The van der Waals surface area contributed by atoms with Crippen molar-refractivity contribution in [1.29, 1.82) is 0 Å². The van der Waals surface area contributed by atoms with Crippen molar-refractivity contribution in [3.63, 3.8) is 0 Å². The Bertz CT molecular complexity index is 1090. The molecule has 0 aromatic heterocycles. The van der Waals surface area contributed by atoms with Gasteiger partial charge in [0, 0.05) is 29.8 Å². The molecule has 0 aliphatic rings. The van der Waals surface area contributed by atoms with Crippen molar-refractivity contribution < 1.29 is 34.2 Å². The summed E-state index contributed by atoms with van der Waals surface area (Å²) >= 11 is 0. The van der Waals surface area contributed by atoms with Gasteiger partial charge in [0.2, 0.25) is 11.8 Å². The highest BCUT2D eigenvalue weighted by Gasteiger charge is 2.22. The van der Waals surface area contributed by atoms with Crippen LogP contribution >= 0.6 is 0 Å². The molecule has 0 saturated carbocycles. The molecule has 0 fully saturated rings. The van der Waals surface area contributed by atoms with Gasteiger partial charge in [0.1, 0.15) is 13.1 Å². The summed E-state index contributed by atoms with van der Waals surface area (Å²) in [6.07, 6.45) is 31.9. The Morgan fingerprint density at radius 2 is 0.736 bits per heavy atom. The number of benzene rings is 1.